The maximum atomic E-state index is 11.3. The lowest BCUT2D eigenvalue weighted by atomic mass is 10.4. The van der Waals surface area contributed by atoms with Crippen molar-refractivity contribution in [2.75, 3.05) is 5.75 Å². The largest absolute Gasteiger partial charge is 0.281 e. The molecule has 0 amide bonds. The van der Waals surface area contributed by atoms with Crippen molar-refractivity contribution in [1.29, 1.82) is 0 Å². The van der Waals surface area contributed by atoms with Gasteiger partial charge in [-0.3, -0.25) is 4.79 Å². The molecule has 1 aromatic carbocycles. The Morgan fingerprint density at radius 2 is 2.00 bits per heavy atom. The fourth-order valence-electron chi connectivity index (χ4n) is 1.05. The standard InChI is InChI=1S/C10H8OS2/c11-10-9(6-7-12-10)13-8-4-2-1-3-5-8/h1-6H,7H2. The molecule has 0 atom stereocenters. The molecule has 2 rings (SSSR count). The molecule has 1 heterocycles. The van der Waals surface area contributed by atoms with E-state index in [2.05, 4.69) is 0 Å². The van der Waals surface area contributed by atoms with Crippen LogP contribution in [0.15, 0.2) is 46.2 Å². The highest BCUT2D eigenvalue weighted by atomic mass is 32.2. The number of thioether (sulfide) groups is 2. The molecular formula is C10H8OS2. The van der Waals surface area contributed by atoms with Crippen LogP contribution in [0.1, 0.15) is 0 Å². The third kappa shape index (κ3) is 2.17. The SMILES string of the molecule is O=C1SCC=C1Sc1ccccc1. The highest BCUT2D eigenvalue weighted by molar-refractivity contribution is 8.18. The lowest BCUT2D eigenvalue weighted by Gasteiger charge is -1.98. The Kier molecular flexibility index (Phi) is 2.76. The number of carbonyl (C=O) groups excluding carboxylic acids is 1. The van der Waals surface area contributed by atoms with Crippen molar-refractivity contribution in [3.05, 3.63) is 41.3 Å². The van der Waals surface area contributed by atoms with E-state index in [1.54, 1.807) is 11.8 Å². The van der Waals surface area contributed by atoms with E-state index >= 15 is 0 Å². The van der Waals surface area contributed by atoms with E-state index in [1.165, 1.54) is 11.8 Å². The first-order valence-corrected chi connectivity index (χ1v) is 5.76. The van der Waals surface area contributed by atoms with E-state index in [0.29, 0.717) is 0 Å². The highest BCUT2D eigenvalue weighted by Gasteiger charge is 2.16. The van der Waals surface area contributed by atoms with Crippen LogP contribution in [0, 0.1) is 0 Å². The quantitative estimate of drug-likeness (QED) is 0.744. The van der Waals surface area contributed by atoms with Crippen LogP contribution in [0.3, 0.4) is 0 Å². The Bertz CT molecular complexity index is 343. The topological polar surface area (TPSA) is 17.1 Å². The second-order valence-electron chi connectivity index (χ2n) is 2.58. The van der Waals surface area contributed by atoms with Crippen LogP contribution < -0.4 is 0 Å². The summed E-state index contributed by atoms with van der Waals surface area (Å²) in [5, 5.41) is 0.203. The summed E-state index contributed by atoms with van der Waals surface area (Å²) < 4.78 is 0. The molecule has 3 heteroatoms. The maximum absolute atomic E-state index is 11.3. The summed E-state index contributed by atoms with van der Waals surface area (Å²) in [6, 6.07) is 9.97. The number of hydrogen-bond acceptors (Lipinski definition) is 3. The normalized spacial score (nSPS) is 16.0. The summed E-state index contributed by atoms with van der Waals surface area (Å²) in [6.07, 6.45) is 1.99. The van der Waals surface area contributed by atoms with Gasteiger partial charge in [-0.1, -0.05) is 47.8 Å². The van der Waals surface area contributed by atoms with Crippen molar-refractivity contribution in [3.63, 3.8) is 0 Å². The molecule has 0 aliphatic carbocycles. The van der Waals surface area contributed by atoms with Crippen LogP contribution in [0.2, 0.25) is 0 Å². The molecule has 0 saturated heterocycles. The summed E-state index contributed by atoms with van der Waals surface area (Å²) >= 11 is 2.92. The van der Waals surface area contributed by atoms with E-state index in [9.17, 15) is 4.79 Å². The van der Waals surface area contributed by atoms with Gasteiger partial charge in [0.15, 0.2) is 0 Å². The molecule has 1 aromatic rings. The van der Waals surface area contributed by atoms with Crippen molar-refractivity contribution in [2.24, 2.45) is 0 Å². The monoisotopic (exact) mass is 208 g/mol. The summed E-state index contributed by atoms with van der Waals surface area (Å²) in [6.45, 7) is 0. The minimum absolute atomic E-state index is 0.203. The van der Waals surface area contributed by atoms with Crippen LogP contribution in [0.25, 0.3) is 0 Å². The van der Waals surface area contributed by atoms with Crippen molar-refractivity contribution >= 4 is 28.6 Å². The average Bonchev–Trinajstić information content (AvgIpc) is 2.54. The molecule has 0 aromatic heterocycles. The molecule has 0 bridgehead atoms. The predicted molar refractivity (Wildman–Crippen MR) is 57.8 cm³/mol. The van der Waals surface area contributed by atoms with Gasteiger partial charge in [-0.25, -0.2) is 0 Å². The molecule has 0 radical (unpaired) electrons. The van der Waals surface area contributed by atoms with Crippen LogP contribution in [0.5, 0.6) is 0 Å². The van der Waals surface area contributed by atoms with E-state index < -0.39 is 0 Å². The van der Waals surface area contributed by atoms with Gasteiger partial charge in [-0.05, 0) is 12.1 Å². The van der Waals surface area contributed by atoms with Crippen LogP contribution in [-0.4, -0.2) is 10.9 Å². The third-order valence-electron chi connectivity index (χ3n) is 1.66. The molecule has 1 nitrogen and oxygen atoms in total. The second-order valence-corrected chi connectivity index (χ2v) is 4.69. The number of rotatable bonds is 2. The molecule has 1 aliphatic rings. The van der Waals surface area contributed by atoms with Gasteiger partial charge in [0.25, 0.3) is 0 Å². The molecule has 0 fully saturated rings. The summed E-state index contributed by atoms with van der Waals surface area (Å²) in [5.74, 6) is 0.827. The van der Waals surface area contributed by atoms with Gasteiger partial charge < -0.3 is 0 Å². The van der Waals surface area contributed by atoms with Gasteiger partial charge in [-0.15, -0.1) is 0 Å². The van der Waals surface area contributed by atoms with Crippen LogP contribution in [-0.2, 0) is 4.79 Å². The summed E-state index contributed by atoms with van der Waals surface area (Å²) in [4.78, 5) is 13.3. The van der Waals surface area contributed by atoms with Gasteiger partial charge >= 0.3 is 0 Å². The van der Waals surface area contributed by atoms with Gasteiger partial charge in [0.1, 0.15) is 0 Å². The first kappa shape index (κ1) is 8.91. The molecular weight excluding hydrogens is 200 g/mol. The average molecular weight is 208 g/mol. The Balaban J connectivity index is 2.11. The molecule has 0 unspecified atom stereocenters. The van der Waals surface area contributed by atoms with E-state index in [0.717, 1.165) is 15.6 Å². The highest BCUT2D eigenvalue weighted by Crippen LogP contribution is 2.33. The van der Waals surface area contributed by atoms with Gasteiger partial charge in [-0.2, -0.15) is 0 Å². The Morgan fingerprint density at radius 3 is 2.62 bits per heavy atom. The lowest BCUT2D eigenvalue weighted by Crippen LogP contribution is -1.85. The van der Waals surface area contributed by atoms with Crippen molar-refractivity contribution in [1.82, 2.24) is 0 Å². The minimum atomic E-state index is 0.203. The maximum Gasteiger partial charge on any atom is 0.226 e. The molecule has 0 N–H and O–H groups in total. The van der Waals surface area contributed by atoms with Crippen molar-refractivity contribution in [2.45, 2.75) is 4.90 Å². The Labute approximate surface area is 85.6 Å². The van der Waals surface area contributed by atoms with Gasteiger partial charge in [0.05, 0.1) is 4.91 Å². The lowest BCUT2D eigenvalue weighted by molar-refractivity contribution is -0.107. The third-order valence-corrected chi connectivity index (χ3v) is 3.68. The number of carbonyl (C=O) groups is 1. The van der Waals surface area contributed by atoms with Crippen molar-refractivity contribution < 1.29 is 4.79 Å². The first-order valence-electron chi connectivity index (χ1n) is 3.96. The molecule has 66 valence electrons. The number of benzene rings is 1. The first-order chi connectivity index (χ1) is 6.36. The Morgan fingerprint density at radius 1 is 1.23 bits per heavy atom. The number of hydrogen-bond donors (Lipinski definition) is 0. The fraction of sp³-hybridized carbons (Fsp3) is 0.100. The summed E-state index contributed by atoms with van der Waals surface area (Å²) in [7, 11) is 0. The van der Waals surface area contributed by atoms with Crippen LogP contribution in [0.4, 0.5) is 0 Å². The zero-order valence-corrected chi connectivity index (χ0v) is 8.53. The van der Waals surface area contributed by atoms with Gasteiger partial charge in [0, 0.05) is 10.6 Å². The molecule has 1 aliphatic heterocycles. The second kappa shape index (κ2) is 4.03. The Hall–Kier alpha value is -0.670. The van der Waals surface area contributed by atoms with Gasteiger partial charge in [0.2, 0.25) is 5.12 Å². The predicted octanol–water partition coefficient (Wildman–Crippen LogP) is 2.94. The van der Waals surface area contributed by atoms with Crippen molar-refractivity contribution in [3.8, 4) is 0 Å². The molecule has 0 spiro atoms. The zero-order chi connectivity index (χ0) is 9.10. The smallest absolute Gasteiger partial charge is 0.226 e. The molecule has 0 saturated carbocycles. The fourth-order valence-corrected chi connectivity index (χ4v) is 2.88. The zero-order valence-electron chi connectivity index (χ0n) is 6.90. The minimum Gasteiger partial charge on any atom is -0.281 e. The van der Waals surface area contributed by atoms with E-state index in [-0.39, 0.29) is 5.12 Å². The van der Waals surface area contributed by atoms with E-state index in [1.807, 2.05) is 36.4 Å². The summed E-state index contributed by atoms with van der Waals surface area (Å²) in [5.41, 5.74) is 0. The van der Waals surface area contributed by atoms with Crippen LogP contribution >= 0.6 is 23.5 Å². The van der Waals surface area contributed by atoms with E-state index in [4.69, 9.17) is 0 Å². The molecule has 13 heavy (non-hydrogen) atoms.